The molecule has 2 aromatic heterocycles. The summed E-state index contributed by atoms with van der Waals surface area (Å²) >= 11 is 0. The van der Waals surface area contributed by atoms with E-state index in [1.165, 1.54) is 12.3 Å². The molecule has 0 atom stereocenters. The van der Waals surface area contributed by atoms with Crippen LogP contribution in [-0.4, -0.2) is 83.7 Å². The molecule has 5 rings (SSSR count). The van der Waals surface area contributed by atoms with Gasteiger partial charge in [0.05, 0.1) is 62.8 Å². The molecule has 2 bridgehead atoms. The first kappa shape index (κ1) is 22.1. The Balaban J connectivity index is 1.63. The fraction of sp³-hybridized carbons (Fsp3) is 0.619. The summed E-state index contributed by atoms with van der Waals surface area (Å²) in [6.07, 6.45) is -1.34. The van der Waals surface area contributed by atoms with Crippen molar-refractivity contribution in [2.75, 3.05) is 61.7 Å². The van der Waals surface area contributed by atoms with Gasteiger partial charge in [0.15, 0.2) is 5.82 Å². The Bertz CT molecular complexity index is 1000. The number of alkyl halides is 2. The van der Waals surface area contributed by atoms with Crippen LogP contribution in [0, 0.1) is 0 Å². The Morgan fingerprint density at radius 3 is 2.33 bits per heavy atom. The number of rotatable bonds is 4. The molecule has 0 spiro atoms. The van der Waals surface area contributed by atoms with Crippen molar-refractivity contribution in [3.8, 4) is 11.4 Å². The lowest BCUT2D eigenvalue weighted by Gasteiger charge is -2.46. The minimum absolute atomic E-state index is 0.0422. The second kappa shape index (κ2) is 8.58. The molecule has 3 saturated heterocycles. The van der Waals surface area contributed by atoms with Crippen LogP contribution < -0.4 is 15.5 Å². The van der Waals surface area contributed by atoms with Crippen molar-refractivity contribution >= 4 is 17.7 Å². The summed E-state index contributed by atoms with van der Waals surface area (Å²) in [7, 11) is 0. The van der Waals surface area contributed by atoms with Gasteiger partial charge in [-0.3, -0.25) is 0 Å². The lowest BCUT2D eigenvalue weighted by molar-refractivity contribution is -0.0355. The molecule has 3 aliphatic heterocycles. The quantitative estimate of drug-likeness (QED) is 0.719. The number of fused-ring (bicyclic) bond motifs is 2. The van der Waals surface area contributed by atoms with Gasteiger partial charge in [0, 0.05) is 18.3 Å². The number of anilines is 3. The fourth-order valence-corrected chi connectivity index (χ4v) is 4.46. The van der Waals surface area contributed by atoms with Crippen molar-refractivity contribution in [3.05, 3.63) is 17.8 Å². The van der Waals surface area contributed by atoms with E-state index in [1.807, 2.05) is 13.8 Å². The van der Waals surface area contributed by atoms with Gasteiger partial charge < -0.3 is 29.7 Å². The van der Waals surface area contributed by atoms with Crippen molar-refractivity contribution in [2.24, 2.45) is 0 Å². The monoisotopic (exact) mass is 463 g/mol. The SMILES string of the molecule is CC1(C)COCCN1c1nc(-c2cnc(N)c(C(F)F)c2)nc(N2C3COCC2COC3)n1. The lowest BCUT2D eigenvalue weighted by Crippen LogP contribution is -2.60. The number of morpholine rings is 3. The predicted octanol–water partition coefficient (Wildman–Crippen LogP) is 1.67. The van der Waals surface area contributed by atoms with Gasteiger partial charge in [-0.2, -0.15) is 15.0 Å². The van der Waals surface area contributed by atoms with Crippen LogP contribution in [-0.2, 0) is 14.2 Å². The molecule has 0 aliphatic carbocycles. The van der Waals surface area contributed by atoms with Gasteiger partial charge in [-0.1, -0.05) is 0 Å². The van der Waals surface area contributed by atoms with Crippen molar-refractivity contribution < 1.29 is 23.0 Å². The zero-order valence-electron chi connectivity index (χ0n) is 18.6. The third kappa shape index (κ3) is 4.18. The van der Waals surface area contributed by atoms with Gasteiger partial charge in [0.2, 0.25) is 11.9 Å². The van der Waals surface area contributed by atoms with Gasteiger partial charge in [-0.05, 0) is 19.9 Å². The Morgan fingerprint density at radius 1 is 1.03 bits per heavy atom. The maximum absolute atomic E-state index is 13.5. The minimum Gasteiger partial charge on any atom is -0.383 e. The smallest absolute Gasteiger partial charge is 0.267 e. The largest absolute Gasteiger partial charge is 0.383 e. The molecule has 0 amide bonds. The number of nitrogens with two attached hydrogens (primary N) is 1. The van der Waals surface area contributed by atoms with Crippen LogP contribution in [0.3, 0.4) is 0 Å². The first-order valence-electron chi connectivity index (χ1n) is 10.9. The number of aromatic nitrogens is 4. The summed E-state index contributed by atoms with van der Waals surface area (Å²) in [4.78, 5) is 22.3. The summed E-state index contributed by atoms with van der Waals surface area (Å²) in [5.74, 6) is 0.980. The molecule has 3 aliphatic rings. The Morgan fingerprint density at radius 2 is 1.70 bits per heavy atom. The van der Waals surface area contributed by atoms with E-state index < -0.39 is 6.43 Å². The maximum atomic E-state index is 13.5. The number of nitrogen functional groups attached to an aromatic ring is 1. The van der Waals surface area contributed by atoms with E-state index in [4.69, 9.17) is 29.9 Å². The predicted molar refractivity (Wildman–Crippen MR) is 116 cm³/mol. The van der Waals surface area contributed by atoms with Crippen LogP contribution in [0.2, 0.25) is 0 Å². The maximum Gasteiger partial charge on any atom is 0.267 e. The third-order valence-electron chi connectivity index (χ3n) is 6.20. The van der Waals surface area contributed by atoms with Crippen LogP contribution in [0.15, 0.2) is 12.3 Å². The van der Waals surface area contributed by atoms with Crippen molar-refractivity contribution in [3.63, 3.8) is 0 Å². The molecular formula is C21H27F2N7O3. The van der Waals surface area contributed by atoms with E-state index in [1.54, 1.807) is 0 Å². The van der Waals surface area contributed by atoms with Crippen molar-refractivity contribution in [1.29, 1.82) is 0 Å². The first-order chi connectivity index (χ1) is 15.8. The molecule has 0 saturated carbocycles. The van der Waals surface area contributed by atoms with E-state index in [9.17, 15) is 8.78 Å². The number of ether oxygens (including phenoxy) is 3. The van der Waals surface area contributed by atoms with Crippen LogP contribution >= 0.6 is 0 Å². The van der Waals surface area contributed by atoms with Crippen LogP contribution in [0.1, 0.15) is 25.8 Å². The normalized spacial score (nSPS) is 24.9. The first-order valence-corrected chi connectivity index (χ1v) is 10.9. The third-order valence-corrected chi connectivity index (χ3v) is 6.20. The van der Waals surface area contributed by atoms with Gasteiger partial charge in [-0.25, -0.2) is 13.8 Å². The topological polar surface area (TPSA) is 112 Å². The highest BCUT2D eigenvalue weighted by Gasteiger charge is 2.39. The second-order valence-corrected chi connectivity index (χ2v) is 9.06. The zero-order chi connectivity index (χ0) is 23.2. The molecule has 2 N–H and O–H groups in total. The summed E-state index contributed by atoms with van der Waals surface area (Å²) in [5, 5.41) is 0. The van der Waals surface area contributed by atoms with E-state index >= 15 is 0 Å². The molecule has 5 heterocycles. The number of halogens is 2. The molecule has 33 heavy (non-hydrogen) atoms. The highest BCUT2D eigenvalue weighted by Crippen LogP contribution is 2.32. The van der Waals surface area contributed by atoms with E-state index in [2.05, 4.69) is 19.8 Å². The van der Waals surface area contributed by atoms with E-state index in [-0.39, 0.29) is 34.8 Å². The highest BCUT2D eigenvalue weighted by molar-refractivity contribution is 5.62. The molecule has 2 aromatic rings. The average molecular weight is 463 g/mol. The summed E-state index contributed by atoms with van der Waals surface area (Å²) in [6, 6.07) is 1.21. The number of nitrogens with zero attached hydrogens (tertiary/aromatic N) is 6. The lowest BCUT2D eigenvalue weighted by atomic mass is 10.0. The van der Waals surface area contributed by atoms with Crippen LogP contribution in [0.5, 0.6) is 0 Å². The van der Waals surface area contributed by atoms with E-state index in [0.29, 0.717) is 63.6 Å². The zero-order valence-corrected chi connectivity index (χ0v) is 18.6. The fourth-order valence-electron chi connectivity index (χ4n) is 4.46. The molecule has 10 nitrogen and oxygen atoms in total. The van der Waals surface area contributed by atoms with Gasteiger partial charge in [0.1, 0.15) is 5.82 Å². The highest BCUT2D eigenvalue weighted by atomic mass is 19.3. The Hall–Kier alpha value is -2.70. The standard InChI is InChI=1S/C21H27F2N7O3/c1-21(2)11-31-4-3-29(21)19-26-18(12-5-15(16(22)23)17(24)25-6-12)27-20(28-19)30-13-7-32-9-14(30)10-33-8-13/h5-6,13-14,16H,3-4,7-11H2,1-2H3,(H2,24,25). The Labute approximate surface area is 190 Å². The minimum atomic E-state index is -2.76. The van der Waals surface area contributed by atoms with Crippen molar-refractivity contribution in [2.45, 2.75) is 37.9 Å². The molecule has 178 valence electrons. The summed E-state index contributed by atoms with van der Waals surface area (Å²) in [6.45, 7) is 7.72. The molecule has 12 heteroatoms. The molecular weight excluding hydrogens is 436 g/mol. The van der Waals surface area contributed by atoms with Crippen molar-refractivity contribution in [1.82, 2.24) is 19.9 Å². The van der Waals surface area contributed by atoms with Gasteiger partial charge >= 0.3 is 0 Å². The second-order valence-electron chi connectivity index (χ2n) is 9.06. The van der Waals surface area contributed by atoms with E-state index in [0.717, 1.165) is 0 Å². The Kier molecular flexibility index (Phi) is 5.75. The summed E-state index contributed by atoms with van der Waals surface area (Å²) in [5.41, 5.74) is 5.31. The van der Waals surface area contributed by atoms with Crippen LogP contribution in [0.25, 0.3) is 11.4 Å². The van der Waals surface area contributed by atoms with Gasteiger partial charge in [-0.15, -0.1) is 0 Å². The average Bonchev–Trinajstić information content (AvgIpc) is 2.78. The molecule has 3 fully saturated rings. The number of hydrogen-bond acceptors (Lipinski definition) is 10. The van der Waals surface area contributed by atoms with Gasteiger partial charge in [0.25, 0.3) is 6.43 Å². The molecule has 0 radical (unpaired) electrons. The van der Waals surface area contributed by atoms with Crippen LogP contribution in [0.4, 0.5) is 26.5 Å². The molecule has 0 unspecified atom stereocenters. The summed E-state index contributed by atoms with van der Waals surface area (Å²) < 4.78 is 44.1. The number of hydrogen-bond donors (Lipinski definition) is 1. The number of pyridine rings is 1. The molecule has 0 aromatic carbocycles.